The molecule has 0 bridgehead atoms. The van der Waals surface area contributed by atoms with Crippen LogP contribution in [0, 0.1) is 10.1 Å². The van der Waals surface area contributed by atoms with Crippen LogP contribution in [0.3, 0.4) is 0 Å². The van der Waals surface area contributed by atoms with Crippen LogP contribution in [-0.2, 0) is 0 Å². The molecule has 2 aromatic rings. The van der Waals surface area contributed by atoms with E-state index in [1.807, 2.05) is 0 Å². The second-order valence-electron chi connectivity index (χ2n) is 3.91. The van der Waals surface area contributed by atoms with E-state index in [0.717, 1.165) is 0 Å². The smallest absolute Gasteiger partial charge is 0.293 e. The van der Waals surface area contributed by atoms with Crippen LogP contribution in [0.5, 0.6) is 0 Å². The normalized spacial score (nSPS) is 9.85. The molecule has 7 nitrogen and oxygen atoms in total. The van der Waals surface area contributed by atoms with Gasteiger partial charge in [0.2, 0.25) is 0 Å². The fourth-order valence-electron chi connectivity index (χ4n) is 1.66. The lowest BCUT2D eigenvalue weighted by Gasteiger charge is -2.06. The number of rotatable bonds is 4. The quantitative estimate of drug-likeness (QED) is 0.657. The van der Waals surface area contributed by atoms with Gasteiger partial charge in [0.15, 0.2) is 0 Å². The number of aromatic nitrogens is 1. The predicted octanol–water partition coefficient (Wildman–Crippen LogP) is 2.28. The summed E-state index contributed by atoms with van der Waals surface area (Å²) in [5.41, 5.74) is 0.395. The molecule has 1 amide bonds. The number of carbonyl (C=O) groups excluding carboxylic acids is 1. The van der Waals surface area contributed by atoms with Crippen molar-refractivity contribution in [3.05, 3.63) is 58.3 Å². The Kier molecular flexibility index (Phi) is 3.90. The van der Waals surface area contributed by atoms with Crippen molar-refractivity contribution in [2.24, 2.45) is 0 Å². The third kappa shape index (κ3) is 2.89. The van der Waals surface area contributed by atoms with Crippen molar-refractivity contribution in [3.8, 4) is 0 Å². The van der Waals surface area contributed by atoms with Crippen LogP contribution in [-0.4, -0.2) is 22.9 Å². The van der Waals surface area contributed by atoms with Crippen molar-refractivity contribution in [1.82, 2.24) is 4.98 Å². The first kappa shape index (κ1) is 13.5. The monoisotopic (exact) mass is 272 g/mol. The zero-order chi connectivity index (χ0) is 14.5. The molecule has 0 aliphatic heterocycles. The largest absolute Gasteiger partial charge is 0.383 e. The van der Waals surface area contributed by atoms with Crippen molar-refractivity contribution >= 4 is 23.1 Å². The standard InChI is InChI=1S/C13H12N4O3/c1-14-10-6-5-9(8-11(10)17(19)20)13(18)16-12-4-2-3-7-15-12/h2-8,14H,1H3,(H,15,16,18). The van der Waals surface area contributed by atoms with Gasteiger partial charge in [-0.2, -0.15) is 0 Å². The highest BCUT2D eigenvalue weighted by Crippen LogP contribution is 2.25. The highest BCUT2D eigenvalue weighted by molar-refractivity contribution is 6.04. The van der Waals surface area contributed by atoms with Gasteiger partial charge in [0.25, 0.3) is 11.6 Å². The summed E-state index contributed by atoms with van der Waals surface area (Å²) in [5, 5.41) is 16.2. The van der Waals surface area contributed by atoms with Crippen LogP contribution in [0.1, 0.15) is 10.4 Å². The summed E-state index contributed by atoms with van der Waals surface area (Å²) in [6.07, 6.45) is 1.54. The van der Waals surface area contributed by atoms with Gasteiger partial charge in [0, 0.05) is 24.9 Å². The van der Waals surface area contributed by atoms with E-state index in [4.69, 9.17) is 0 Å². The maximum Gasteiger partial charge on any atom is 0.293 e. The average Bonchev–Trinajstić information content (AvgIpc) is 2.47. The Hall–Kier alpha value is -2.96. The van der Waals surface area contributed by atoms with Crippen LogP contribution in [0.4, 0.5) is 17.2 Å². The number of hydrogen-bond acceptors (Lipinski definition) is 5. The second kappa shape index (κ2) is 5.79. The number of benzene rings is 1. The Morgan fingerprint density at radius 2 is 2.10 bits per heavy atom. The Morgan fingerprint density at radius 1 is 1.30 bits per heavy atom. The molecule has 0 spiro atoms. The zero-order valence-corrected chi connectivity index (χ0v) is 10.7. The highest BCUT2D eigenvalue weighted by atomic mass is 16.6. The molecule has 2 N–H and O–H groups in total. The first-order valence-electron chi connectivity index (χ1n) is 5.80. The summed E-state index contributed by atoms with van der Waals surface area (Å²) in [6.45, 7) is 0. The average molecular weight is 272 g/mol. The van der Waals surface area contributed by atoms with Gasteiger partial charge in [-0.25, -0.2) is 4.98 Å². The third-order valence-electron chi connectivity index (χ3n) is 2.63. The van der Waals surface area contributed by atoms with E-state index in [2.05, 4.69) is 15.6 Å². The molecule has 0 aliphatic carbocycles. The van der Waals surface area contributed by atoms with Crippen molar-refractivity contribution in [3.63, 3.8) is 0 Å². The first-order valence-corrected chi connectivity index (χ1v) is 5.80. The number of nitro benzene ring substituents is 1. The minimum Gasteiger partial charge on any atom is -0.383 e. The van der Waals surface area contributed by atoms with E-state index in [1.165, 1.54) is 18.2 Å². The lowest BCUT2D eigenvalue weighted by molar-refractivity contribution is -0.384. The summed E-state index contributed by atoms with van der Waals surface area (Å²) in [5.74, 6) is -0.0627. The van der Waals surface area contributed by atoms with Crippen molar-refractivity contribution in [2.75, 3.05) is 17.7 Å². The van der Waals surface area contributed by atoms with E-state index in [0.29, 0.717) is 11.5 Å². The molecule has 0 atom stereocenters. The van der Waals surface area contributed by atoms with Gasteiger partial charge in [-0.05, 0) is 24.3 Å². The van der Waals surface area contributed by atoms with Gasteiger partial charge in [0.1, 0.15) is 11.5 Å². The van der Waals surface area contributed by atoms with Gasteiger partial charge < -0.3 is 10.6 Å². The summed E-state index contributed by atoms with van der Waals surface area (Å²) < 4.78 is 0. The maximum absolute atomic E-state index is 12.0. The lowest BCUT2D eigenvalue weighted by Crippen LogP contribution is -2.13. The number of amides is 1. The van der Waals surface area contributed by atoms with Crippen molar-refractivity contribution in [2.45, 2.75) is 0 Å². The summed E-state index contributed by atoms with van der Waals surface area (Å²) >= 11 is 0. The third-order valence-corrected chi connectivity index (χ3v) is 2.63. The van der Waals surface area contributed by atoms with E-state index >= 15 is 0 Å². The van der Waals surface area contributed by atoms with Gasteiger partial charge in [-0.15, -0.1) is 0 Å². The molecule has 0 fully saturated rings. The fraction of sp³-hybridized carbons (Fsp3) is 0.0769. The summed E-state index contributed by atoms with van der Waals surface area (Å²) in [7, 11) is 1.58. The van der Waals surface area contributed by atoms with E-state index in [-0.39, 0.29) is 11.3 Å². The Morgan fingerprint density at radius 3 is 2.70 bits per heavy atom. The topological polar surface area (TPSA) is 97.2 Å². The second-order valence-corrected chi connectivity index (χ2v) is 3.91. The van der Waals surface area contributed by atoms with Gasteiger partial charge >= 0.3 is 0 Å². The molecule has 102 valence electrons. The molecule has 1 aromatic heterocycles. The SMILES string of the molecule is CNc1ccc(C(=O)Nc2ccccn2)cc1[N+](=O)[O-]. The molecule has 1 aromatic carbocycles. The number of nitrogens with zero attached hydrogens (tertiary/aromatic N) is 2. The Balaban J connectivity index is 2.27. The molecule has 7 heteroatoms. The summed E-state index contributed by atoms with van der Waals surface area (Å²) in [6, 6.07) is 9.32. The van der Waals surface area contributed by atoms with Gasteiger partial charge in [-0.1, -0.05) is 6.07 Å². The van der Waals surface area contributed by atoms with Gasteiger partial charge in [-0.3, -0.25) is 14.9 Å². The molecule has 0 saturated heterocycles. The highest BCUT2D eigenvalue weighted by Gasteiger charge is 2.16. The number of anilines is 2. The molecule has 0 radical (unpaired) electrons. The van der Waals surface area contributed by atoms with Crippen LogP contribution in [0.2, 0.25) is 0 Å². The lowest BCUT2D eigenvalue weighted by atomic mass is 10.1. The van der Waals surface area contributed by atoms with E-state index in [1.54, 1.807) is 31.4 Å². The minimum absolute atomic E-state index is 0.152. The molecule has 0 saturated carbocycles. The molecule has 1 heterocycles. The fourth-order valence-corrected chi connectivity index (χ4v) is 1.66. The molecule has 20 heavy (non-hydrogen) atoms. The zero-order valence-electron chi connectivity index (χ0n) is 10.7. The maximum atomic E-state index is 12.0. The van der Waals surface area contributed by atoms with E-state index < -0.39 is 10.8 Å². The molecule has 0 unspecified atom stereocenters. The van der Waals surface area contributed by atoms with Crippen LogP contribution >= 0.6 is 0 Å². The Bertz CT molecular complexity index is 643. The summed E-state index contributed by atoms with van der Waals surface area (Å²) in [4.78, 5) is 26.3. The number of nitrogens with one attached hydrogen (secondary N) is 2. The van der Waals surface area contributed by atoms with Crippen LogP contribution in [0.25, 0.3) is 0 Å². The first-order chi connectivity index (χ1) is 9.61. The van der Waals surface area contributed by atoms with E-state index in [9.17, 15) is 14.9 Å². The van der Waals surface area contributed by atoms with Crippen LogP contribution in [0.15, 0.2) is 42.6 Å². The van der Waals surface area contributed by atoms with Gasteiger partial charge in [0.05, 0.1) is 4.92 Å². The molecule has 0 aliphatic rings. The molecule has 2 rings (SSSR count). The predicted molar refractivity (Wildman–Crippen MR) is 74.8 cm³/mol. The number of hydrogen-bond donors (Lipinski definition) is 2. The number of nitro groups is 1. The minimum atomic E-state index is -0.538. The van der Waals surface area contributed by atoms with Crippen molar-refractivity contribution in [1.29, 1.82) is 0 Å². The van der Waals surface area contributed by atoms with Crippen LogP contribution < -0.4 is 10.6 Å². The number of pyridine rings is 1. The molecular formula is C13H12N4O3. The molecular weight excluding hydrogens is 260 g/mol. The number of carbonyl (C=O) groups is 1. The Labute approximate surface area is 114 Å². The van der Waals surface area contributed by atoms with Crippen molar-refractivity contribution < 1.29 is 9.72 Å².